The third kappa shape index (κ3) is 5.06. The van der Waals surface area contributed by atoms with Crippen molar-refractivity contribution in [2.24, 2.45) is 16.6 Å². The van der Waals surface area contributed by atoms with Gasteiger partial charge in [-0.2, -0.15) is 13.2 Å². The van der Waals surface area contributed by atoms with Gasteiger partial charge in [-0.05, 0) is 19.3 Å². The second-order valence-electron chi connectivity index (χ2n) is 3.91. The summed E-state index contributed by atoms with van der Waals surface area (Å²) in [5.74, 6) is -0.367. The summed E-state index contributed by atoms with van der Waals surface area (Å²) in [6, 6.07) is 0. The maximum atomic E-state index is 12.7. The Morgan fingerprint density at radius 3 is 2.18 bits per heavy atom. The Morgan fingerprint density at radius 2 is 1.88 bits per heavy atom. The number of hydrogen-bond donors (Lipinski definition) is 1. The highest BCUT2D eigenvalue weighted by Gasteiger charge is 2.35. The second-order valence-corrected chi connectivity index (χ2v) is 3.91. The molecule has 0 saturated carbocycles. The summed E-state index contributed by atoms with van der Waals surface area (Å²) in [7, 11) is 0. The molecule has 0 aliphatic heterocycles. The molecule has 2 nitrogen and oxygen atoms in total. The van der Waals surface area contributed by atoms with Crippen LogP contribution in [0.3, 0.4) is 0 Å². The first-order chi connectivity index (χ1) is 7.73. The average molecular weight is 248 g/mol. The van der Waals surface area contributed by atoms with Crippen LogP contribution < -0.4 is 5.73 Å². The Kier molecular flexibility index (Phi) is 5.99. The van der Waals surface area contributed by atoms with E-state index in [0.29, 0.717) is 12.1 Å². The summed E-state index contributed by atoms with van der Waals surface area (Å²) in [5.41, 5.74) is 5.02. The van der Waals surface area contributed by atoms with Crippen LogP contribution in [0.2, 0.25) is 0 Å². The number of allylic oxidation sites excluding steroid dienone is 4. The van der Waals surface area contributed by atoms with Crippen molar-refractivity contribution in [1.82, 2.24) is 0 Å². The lowest BCUT2D eigenvalue weighted by Crippen LogP contribution is -2.21. The van der Waals surface area contributed by atoms with Gasteiger partial charge in [0.15, 0.2) is 0 Å². The van der Waals surface area contributed by atoms with Crippen LogP contribution in [0.15, 0.2) is 28.0 Å². The molecule has 0 aromatic rings. The van der Waals surface area contributed by atoms with Crippen LogP contribution in [0, 0.1) is 5.92 Å². The molecule has 0 bridgehead atoms. The highest BCUT2D eigenvalue weighted by Crippen LogP contribution is 2.28. The van der Waals surface area contributed by atoms with Crippen LogP contribution in [0.25, 0.3) is 0 Å². The molecule has 0 atom stereocenters. The normalized spacial score (nSPS) is 15.6. The lowest BCUT2D eigenvalue weighted by atomic mass is 10.1. The Balaban J connectivity index is 5.34. The van der Waals surface area contributed by atoms with E-state index < -0.39 is 11.7 Å². The van der Waals surface area contributed by atoms with Gasteiger partial charge in [0.05, 0.1) is 5.57 Å². The van der Waals surface area contributed by atoms with E-state index >= 15 is 0 Å². The zero-order valence-corrected chi connectivity index (χ0v) is 10.6. The van der Waals surface area contributed by atoms with E-state index in [1.54, 1.807) is 26.8 Å². The van der Waals surface area contributed by atoms with Gasteiger partial charge in [0.25, 0.3) is 0 Å². The highest BCUT2D eigenvalue weighted by atomic mass is 19.4. The number of hydrogen-bond acceptors (Lipinski definition) is 2. The van der Waals surface area contributed by atoms with Gasteiger partial charge >= 0.3 is 6.18 Å². The molecule has 0 aromatic carbocycles. The number of alkyl halides is 3. The number of aliphatic imine (C=N–C) groups is 1. The molecule has 98 valence electrons. The van der Waals surface area contributed by atoms with Gasteiger partial charge in [0.2, 0.25) is 0 Å². The molecule has 0 fully saturated rings. The molecule has 0 unspecified atom stereocenters. The summed E-state index contributed by atoms with van der Waals surface area (Å²) in [4.78, 5) is 3.81. The summed E-state index contributed by atoms with van der Waals surface area (Å²) in [6.45, 7) is 6.80. The van der Waals surface area contributed by atoms with E-state index in [-0.39, 0.29) is 11.6 Å². The Morgan fingerprint density at radius 1 is 1.35 bits per heavy atom. The van der Waals surface area contributed by atoms with Gasteiger partial charge in [-0.15, -0.1) is 0 Å². The Bertz CT molecular complexity index is 336. The molecule has 0 amide bonds. The average Bonchev–Trinajstić information content (AvgIpc) is 2.21. The van der Waals surface area contributed by atoms with E-state index in [2.05, 4.69) is 4.99 Å². The van der Waals surface area contributed by atoms with Crippen LogP contribution in [-0.4, -0.2) is 12.4 Å². The molecule has 0 saturated heterocycles. The van der Waals surface area contributed by atoms with E-state index in [9.17, 15) is 13.2 Å². The van der Waals surface area contributed by atoms with Gasteiger partial charge in [-0.3, -0.25) is 4.99 Å². The monoisotopic (exact) mass is 248 g/mol. The van der Waals surface area contributed by atoms with Crippen LogP contribution in [0.1, 0.15) is 34.1 Å². The van der Waals surface area contributed by atoms with Crippen molar-refractivity contribution in [1.29, 1.82) is 0 Å². The SMILES string of the molecule is C\C=C(CC)/N=C/C(=C(\N)C(C)C)C(F)(F)F. The molecule has 0 radical (unpaired) electrons. The van der Waals surface area contributed by atoms with Crippen molar-refractivity contribution in [3.63, 3.8) is 0 Å². The fourth-order valence-electron chi connectivity index (χ4n) is 1.14. The molecule has 0 aromatic heterocycles. The van der Waals surface area contributed by atoms with E-state index in [0.717, 1.165) is 6.21 Å². The van der Waals surface area contributed by atoms with Crippen LogP contribution in [-0.2, 0) is 0 Å². The fraction of sp³-hybridized carbons (Fsp3) is 0.583. The Hall–Kier alpha value is -1.26. The molecule has 0 aliphatic carbocycles. The summed E-state index contributed by atoms with van der Waals surface area (Å²) < 4.78 is 38.2. The molecule has 5 heteroatoms. The van der Waals surface area contributed by atoms with Crippen molar-refractivity contribution in [2.45, 2.75) is 40.3 Å². The largest absolute Gasteiger partial charge is 0.419 e. The van der Waals surface area contributed by atoms with Crippen LogP contribution >= 0.6 is 0 Å². The van der Waals surface area contributed by atoms with E-state index in [1.807, 2.05) is 6.92 Å². The van der Waals surface area contributed by atoms with E-state index in [1.165, 1.54) is 0 Å². The minimum Gasteiger partial charge on any atom is -0.401 e. The lowest BCUT2D eigenvalue weighted by Gasteiger charge is -2.14. The number of nitrogens with zero attached hydrogens (tertiary/aromatic N) is 1. The van der Waals surface area contributed by atoms with Crippen molar-refractivity contribution >= 4 is 6.21 Å². The topological polar surface area (TPSA) is 38.4 Å². The molecule has 0 rings (SSSR count). The van der Waals surface area contributed by atoms with Crippen molar-refractivity contribution in [2.75, 3.05) is 0 Å². The van der Waals surface area contributed by atoms with Crippen molar-refractivity contribution in [3.05, 3.63) is 23.0 Å². The predicted octanol–water partition coefficient (Wildman–Crippen LogP) is 3.80. The standard InChI is InChI=1S/C12H19F3N2/c1-5-9(6-2)17-7-10(12(13,14)15)11(16)8(3)4/h5,7-8H,6,16H2,1-4H3/b9-5-,11-10+,17-7+. The molecule has 0 aliphatic rings. The minimum absolute atomic E-state index is 0.187. The van der Waals surface area contributed by atoms with Gasteiger partial charge in [0.1, 0.15) is 0 Å². The smallest absolute Gasteiger partial charge is 0.401 e. The molecular weight excluding hydrogens is 229 g/mol. The quantitative estimate of drug-likeness (QED) is 0.755. The van der Waals surface area contributed by atoms with Gasteiger partial charge in [0, 0.05) is 17.6 Å². The first-order valence-corrected chi connectivity index (χ1v) is 5.50. The maximum Gasteiger partial charge on any atom is 0.419 e. The highest BCUT2D eigenvalue weighted by molar-refractivity contribution is 5.82. The second kappa shape index (κ2) is 6.47. The minimum atomic E-state index is -4.47. The summed E-state index contributed by atoms with van der Waals surface area (Å²) in [6.07, 6.45) is -1.39. The first kappa shape index (κ1) is 15.7. The zero-order valence-electron chi connectivity index (χ0n) is 10.6. The van der Waals surface area contributed by atoms with Gasteiger partial charge < -0.3 is 5.73 Å². The number of halogens is 3. The van der Waals surface area contributed by atoms with Crippen LogP contribution in [0.4, 0.5) is 13.2 Å². The molecule has 0 heterocycles. The van der Waals surface area contributed by atoms with E-state index in [4.69, 9.17) is 5.73 Å². The lowest BCUT2D eigenvalue weighted by molar-refractivity contribution is -0.0867. The third-order valence-electron chi connectivity index (χ3n) is 2.29. The van der Waals surface area contributed by atoms with Gasteiger partial charge in [-0.25, -0.2) is 0 Å². The number of nitrogens with two attached hydrogens (primary N) is 1. The Labute approximate surface area is 100 Å². The van der Waals surface area contributed by atoms with Gasteiger partial charge in [-0.1, -0.05) is 26.8 Å². The summed E-state index contributed by atoms with van der Waals surface area (Å²) in [5, 5.41) is 0. The molecular formula is C12H19F3N2. The predicted molar refractivity (Wildman–Crippen MR) is 64.6 cm³/mol. The molecule has 0 spiro atoms. The maximum absolute atomic E-state index is 12.7. The van der Waals surface area contributed by atoms with Crippen molar-refractivity contribution in [3.8, 4) is 0 Å². The fourth-order valence-corrected chi connectivity index (χ4v) is 1.14. The van der Waals surface area contributed by atoms with Crippen LogP contribution in [0.5, 0.6) is 0 Å². The first-order valence-electron chi connectivity index (χ1n) is 5.50. The number of rotatable bonds is 4. The molecule has 2 N–H and O–H groups in total. The zero-order chi connectivity index (χ0) is 13.6. The summed E-state index contributed by atoms with van der Waals surface area (Å²) >= 11 is 0. The van der Waals surface area contributed by atoms with Crippen molar-refractivity contribution < 1.29 is 13.2 Å². The molecule has 17 heavy (non-hydrogen) atoms. The third-order valence-corrected chi connectivity index (χ3v) is 2.29.